The lowest BCUT2D eigenvalue weighted by molar-refractivity contribution is 0.332. The molecular weight excluding hydrogens is 1190 g/mol. The van der Waals surface area contributed by atoms with Crippen LogP contribution in [0, 0.1) is 0 Å². The zero-order chi connectivity index (χ0) is 68.6. The lowest BCUT2D eigenvalue weighted by Crippen LogP contribution is -2.60. The molecule has 13 aromatic rings. The number of fused-ring (bicyclic) bond motifs is 17. The third kappa shape index (κ3) is 9.31. The lowest BCUT2D eigenvalue weighted by atomic mass is 9.33. The van der Waals surface area contributed by atoms with Crippen molar-refractivity contribution in [2.24, 2.45) is 0 Å². The molecule has 0 fully saturated rings. The van der Waals surface area contributed by atoms with Gasteiger partial charge < -0.3 is 9.47 Å². The maximum atomic E-state index is 6.29. The Balaban J connectivity index is 1.02. The third-order valence-corrected chi connectivity index (χ3v) is 25.3. The van der Waals surface area contributed by atoms with Crippen molar-refractivity contribution < 1.29 is 0 Å². The van der Waals surface area contributed by atoms with Crippen molar-refractivity contribution in [3.05, 3.63) is 239 Å². The molecule has 99 heavy (non-hydrogen) atoms. The molecular formula is C95H94BN3. The maximum absolute atomic E-state index is 6.29. The van der Waals surface area contributed by atoms with Crippen molar-refractivity contribution in [2.75, 3.05) is 4.90 Å². The summed E-state index contributed by atoms with van der Waals surface area (Å²) < 4.78 is 2.73. The van der Waals surface area contributed by atoms with Crippen LogP contribution in [-0.4, -0.2) is 16.3 Å². The van der Waals surface area contributed by atoms with E-state index in [9.17, 15) is 0 Å². The Hall–Kier alpha value is -8.99. The van der Waals surface area contributed by atoms with Gasteiger partial charge in [-0.1, -0.05) is 250 Å². The number of aryl methyl sites for hydroxylation is 1. The van der Waals surface area contributed by atoms with Crippen LogP contribution < -0.4 is 21.3 Å². The summed E-state index contributed by atoms with van der Waals surface area (Å²) in [5.41, 5.74) is 32.0. The van der Waals surface area contributed by atoms with E-state index in [1.54, 1.807) is 0 Å². The summed E-state index contributed by atoms with van der Waals surface area (Å²) in [5.74, 6) is 0. The van der Waals surface area contributed by atoms with Gasteiger partial charge >= 0.3 is 0 Å². The Morgan fingerprint density at radius 1 is 0.394 bits per heavy atom. The van der Waals surface area contributed by atoms with E-state index in [-0.39, 0.29) is 44.6 Å². The summed E-state index contributed by atoms with van der Waals surface area (Å²) >= 11 is 0. The quantitative estimate of drug-likeness (QED) is 0.126. The van der Waals surface area contributed by atoms with Crippen molar-refractivity contribution in [1.82, 2.24) is 9.55 Å². The second-order valence-corrected chi connectivity index (χ2v) is 36.0. The topological polar surface area (TPSA) is 21.1 Å². The molecule has 2 aromatic heterocycles. The van der Waals surface area contributed by atoms with E-state index in [1.807, 2.05) is 0 Å². The number of pyridine rings is 1. The molecule has 5 aliphatic rings. The molecule has 0 spiro atoms. The summed E-state index contributed by atoms with van der Waals surface area (Å²) in [7, 11) is 0. The Morgan fingerprint density at radius 2 is 0.939 bits per heavy atom. The van der Waals surface area contributed by atoms with Crippen LogP contribution in [0.5, 0.6) is 0 Å². The Morgan fingerprint density at radius 3 is 1.60 bits per heavy atom. The molecule has 0 N–H and O–H groups in total. The molecule has 4 heterocycles. The lowest BCUT2D eigenvalue weighted by Gasteiger charge is -2.42. The van der Waals surface area contributed by atoms with E-state index in [0.717, 1.165) is 48.3 Å². The van der Waals surface area contributed by atoms with Crippen LogP contribution in [-0.2, 0) is 44.3 Å². The number of para-hydroxylation sites is 1. The molecule has 2 aliphatic heterocycles. The van der Waals surface area contributed by atoms with Crippen LogP contribution in [0.15, 0.2) is 194 Å². The molecule has 4 heteroatoms. The van der Waals surface area contributed by atoms with Gasteiger partial charge in [-0.05, 0) is 242 Å². The molecule has 492 valence electrons. The third-order valence-electron chi connectivity index (χ3n) is 25.3. The number of benzene rings is 11. The van der Waals surface area contributed by atoms with Gasteiger partial charge in [-0.3, -0.25) is 0 Å². The van der Waals surface area contributed by atoms with Crippen LogP contribution in [0.1, 0.15) is 194 Å². The summed E-state index contributed by atoms with van der Waals surface area (Å²) in [5, 5.41) is 10.4. The molecule has 0 atom stereocenters. The van der Waals surface area contributed by atoms with Gasteiger partial charge in [0.2, 0.25) is 0 Å². The predicted octanol–water partition coefficient (Wildman–Crippen LogP) is 23.8. The van der Waals surface area contributed by atoms with Crippen LogP contribution >= 0.6 is 0 Å². The molecule has 0 unspecified atom stereocenters. The predicted molar refractivity (Wildman–Crippen MR) is 426 cm³/mol. The summed E-state index contributed by atoms with van der Waals surface area (Å²) in [6.07, 6.45) is 8.00. The average Bonchev–Trinajstić information content (AvgIpc) is 1.61. The van der Waals surface area contributed by atoms with Gasteiger partial charge in [0, 0.05) is 61.1 Å². The fourth-order valence-electron chi connectivity index (χ4n) is 19.3. The molecule has 11 aromatic carbocycles. The van der Waals surface area contributed by atoms with Gasteiger partial charge in [-0.25, -0.2) is 4.98 Å². The molecule has 0 radical (unpaired) electrons. The Kier molecular flexibility index (Phi) is 13.2. The highest BCUT2D eigenvalue weighted by molar-refractivity contribution is 7.00. The van der Waals surface area contributed by atoms with Gasteiger partial charge in [-0.15, -0.1) is 0 Å². The van der Waals surface area contributed by atoms with Gasteiger partial charge in [0.05, 0.1) is 16.9 Å². The highest BCUT2D eigenvalue weighted by atomic mass is 15.2. The number of aromatic nitrogens is 2. The minimum atomic E-state index is -0.0918. The molecule has 18 rings (SSSR count). The van der Waals surface area contributed by atoms with E-state index in [4.69, 9.17) is 4.98 Å². The molecule has 0 amide bonds. The number of anilines is 3. The smallest absolute Gasteiger partial charge is 0.252 e. The first-order chi connectivity index (χ1) is 47.1. The summed E-state index contributed by atoms with van der Waals surface area (Å²) in [6.45, 7) is 38.7. The first kappa shape index (κ1) is 62.3. The minimum absolute atomic E-state index is 0.0166. The molecule has 0 bridgehead atoms. The zero-order valence-corrected chi connectivity index (χ0v) is 61.3. The second kappa shape index (κ2) is 21.0. The van der Waals surface area contributed by atoms with E-state index >= 15 is 0 Å². The first-order valence-electron chi connectivity index (χ1n) is 37.1. The average molecular weight is 1290 g/mol. The minimum Gasteiger partial charge on any atom is -0.311 e. The highest BCUT2D eigenvalue weighted by Gasteiger charge is 2.45. The second-order valence-electron chi connectivity index (χ2n) is 36.0. The molecule has 0 saturated carbocycles. The Bertz CT molecular complexity index is 5610. The van der Waals surface area contributed by atoms with E-state index < -0.39 is 0 Å². The van der Waals surface area contributed by atoms with E-state index in [1.165, 1.54) is 179 Å². The van der Waals surface area contributed by atoms with E-state index in [0.29, 0.717) is 0 Å². The first-order valence-corrected chi connectivity index (χ1v) is 37.1. The van der Waals surface area contributed by atoms with Gasteiger partial charge in [0.1, 0.15) is 0 Å². The number of nitrogens with zero attached hydrogens (tertiary/aromatic N) is 3. The largest absolute Gasteiger partial charge is 0.311 e. The number of hydrogen-bond donors (Lipinski definition) is 0. The SMILES string of the molecule is CC(C)(C)c1ccc(N2c3ccc(C(C)(C)C)cc3B3c4c2cc(-c2c(-c5ccc6c(c5)C(C)(C)CCC6(C)C)cc(-c5ccc6c(c5)C(C)(C)CCC6(C)C)nc2-c2ccc5c(c2)CCCC5(C)C)cc4-n2c4ccc5c6ccccc6c6ccccc6c5c4c4cccc3c42)cc1. The molecule has 3 nitrogen and oxygen atoms in total. The molecule has 3 aliphatic carbocycles. The number of rotatable bonds is 5. The fraction of sp³-hybridized carbons (Fsp3) is 0.316. The van der Waals surface area contributed by atoms with Crippen molar-refractivity contribution in [3.63, 3.8) is 0 Å². The van der Waals surface area contributed by atoms with Crippen LogP contribution in [0.3, 0.4) is 0 Å². The van der Waals surface area contributed by atoms with Crippen LogP contribution in [0.25, 0.3) is 105 Å². The van der Waals surface area contributed by atoms with Crippen LogP contribution in [0.2, 0.25) is 0 Å². The van der Waals surface area contributed by atoms with Gasteiger partial charge in [0.25, 0.3) is 6.71 Å². The van der Waals surface area contributed by atoms with Crippen molar-refractivity contribution in [1.29, 1.82) is 0 Å². The van der Waals surface area contributed by atoms with Crippen molar-refractivity contribution in [2.45, 2.75) is 194 Å². The number of hydrogen-bond acceptors (Lipinski definition) is 2. The van der Waals surface area contributed by atoms with Gasteiger partial charge in [0.15, 0.2) is 0 Å². The van der Waals surface area contributed by atoms with Gasteiger partial charge in [-0.2, -0.15) is 0 Å². The summed E-state index contributed by atoms with van der Waals surface area (Å²) in [4.78, 5) is 8.94. The van der Waals surface area contributed by atoms with Crippen molar-refractivity contribution in [3.8, 4) is 50.5 Å². The standard InChI is InChI=1S/C95H94BN3/c1-89(2,3)61-33-36-63(37-34-61)98-79-42-35-62(90(4,5)6)54-77(79)96-76-29-21-28-69-85-80(43-38-68-66-26-18-17-24-64(66)65-25-19-20-27-67(65)84(68)85)99(88(69)76)82-53-60(52-81(98)86(82)96)83-70(56-30-40-72-74(50-56)94(13,14)47-45-92(72,9)10)55-78(58-31-41-73-75(51-58)95(15,16)48-46-93(73,11)12)97-87(83)59-32-39-71-57(49-59)23-22-44-91(71,7)8/h17-21,24-43,49-55H,22-23,44-48H2,1-16H3. The zero-order valence-electron chi connectivity index (χ0n) is 61.3. The van der Waals surface area contributed by atoms with E-state index in [2.05, 4.69) is 314 Å². The highest BCUT2D eigenvalue weighted by Crippen LogP contribution is 2.54. The Labute approximate surface area is 587 Å². The monoisotopic (exact) mass is 1290 g/mol. The summed E-state index contributed by atoms with van der Waals surface area (Å²) in [6, 6.07) is 77.8. The maximum Gasteiger partial charge on any atom is 0.252 e. The normalized spacial score (nSPS) is 17.6. The fourth-order valence-corrected chi connectivity index (χ4v) is 19.3. The van der Waals surface area contributed by atoms with Crippen LogP contribution in [0.4, 0.5) is 17.1 Å². The molecule has 0 saturated heterocycles. The van der Waals surface area contributed by atoms with Crippen molar-refractivity contribution >= 4 is 94.3 Å².